The summed E-state index contributed by atoms with van der Waals surface area (Å²) in [5.41, 5.74) is 1.10. The molecule has 0 fully saturated rings. The van der Waals surface area contributed by atoms with E-state index in [9.17, 15) is 13.2 Å². The lowest BCUT2D eigenvalue weighted by Gasteiger charge is -2.22. The second-order valence-electron chi connectivity index (χ2n) is 7.57. The number of alkyl carbamates (subject to hydrolysis) is 1. The number of carbonyl (C=O) groups is 1. The number of hydrogen-bond donors (Lipinski definition) is 2. The summed E-state index contributed by atoms with van der Waals surface area (Å²) in [6, 6.07) is 7.13. The smallest absolute Gasteiger partial charge is 0.407 e. The SMILES string of the molecule is CC[C@H](COC(=O)NC(C)(C)C)CS(=O)(=O)Nc1ccc(N(C)C)cc1. The van der Waals surface area contributed by atoms with Gasteiger partial charge in [-0.3, -0.25) is 4.72 Å². The van der Waals surface area contributed by atoms with Crippen molar-refractivity contribution in [3.05, 3.63) is 24.3 Å². The molecule has 0 aliphatic carbocycles. The Hall–Kier alpha value is -1.96. The Kier molecular flexibility index (Phi) is 7.74. The first-order valence-electron chi connectivity index (χ1n) is 8.64. The van der Waals surface area contributed by atoms with Crippen molar-refractivity contribution in [3.8, 4) is 0 Å². The summed E-state index contributed by atoms with van der Waals surface area (Å²) >= 11 is 0. The lowest BCUT2D eigenvalue weighted by atomic mass is 10.1. The number of nitrogens with one attached hydrogen (secondary N) is 2. The molecule has 1 aromatic rings. The number of ether oxygens (including phenoxy) is 1. The lowest BCUT2D eigenvalue weighted by molar-refractivity contribution is 0.122. The van der Waals surface area contributed by atoms with Gasteiger partial charge >= 0.3 is 6.09 Å². The van der Waals surface area contributed by atoms with Gasteiger partial charge < -0.3 is 15.0 Å². The van der Waals surface area contributed by atoms with Crippen LogP contribution in [0.4, 0.5) is 16.2 Å². The Labute approximate surface area is 157 Å². The Morgan fingerprint density at radius 1 is 1.19 bits per heavy atom. The van der Waals surface area contributed by atoms with E-state index in [4.69, 9.17) is 4.74 Å². The molecule has 0 bridgehead atoms. The molecule has 0 aliphatic heterocycles. The largest absolute Gasteiger partial charge is 0.449 e. The van der Waals surface area contributed by atoms with Crippen LogP contribution in [-0.4, -0.2) is 46.5 Å². The van der Waals surface area contributed by atoms with E-state index >= 15 is 0 Å². The van der Waals surface area contributed by atoms with Crippen molar-refractivity contribution in [1.29, 1.82) is 0 Å². The van der Waals surface area contributed by atoms with Gasteiger partial charge in [-0.1, -0.05) is 6.92 Å². The highest BCUT2D eigenvalue weighted by Gasteiger charge is 2.21. The van der Waals surface area contributed by atoms with E-state index < -0.39 is 21.7 Å². The van der Waals surface area contributed by atoms with Gasteiger partial charge in [0.15, 0.2) is 0 Å². The van der Waals surface area contributed by atoms with Gasteiger partial charge in [0.1, 0.15) is 0 Å². The highest BCUT2D eigenvalue weighted by molar-refractivity contribution is 7.92. The first-order chi connectivity index (χ1) is 11.9. The molecule has 1 rings (SSSR count). The number of amides is 1. The summed E-state index contributed by atoms with van der Waals surface area (Å²) in [5, 5.41) is 2.69. The van der Waals surface area contributed by atoms with Crippen molar-refractivity contribution in [2.75, 3.05) is 36.1 Å². The normalized spacial score (nSPS) is 13.0. The number of hydrogen-bond acceptors (Lipinski definition) is 5. The summed E-state index contributed by atoms with van der Waals surface area (Å²) in [6.45, 7) is 7.47. The van der Waals surface area contributed by atoms with Gasteiger partial charge in [0.2, 0.25) is 10.0 Å². The van der Waals surface area contributed by atoms with Gasteiger partial charge in [-0.05, 0) is 51.5 Å². The zero-order valence-electron chi connectivity index (χ0n) is 16.5. The summed E-state index contributed by atoms with van der Waals surface area (Å²) in [5.74, 6) is -0.388. The van der Waals surface area contributed by atoms with Crippen LogP contribution in [0.2, 0.25) is 0 Å². The fourth-order valence-corrected chi connectivity index (χ4v) is 3.71. The van der Waals surface area contributed by atoms with E-state index in [1.54, 1.807) is 12.1 Å². The number of rotatable bonds is 8. The fraction of sp³-hybridized carbons (Fsp3) is 0.611. The van der Waals surface area contributed by atoms with Crippen LogP contribution < -0.4 is 14.9 Å². The number of sulfonamides is 1. The van der Waals surface area contributed by atoms with E-state index in [0.717, 1.165) is 5.69 Å². The monoisotopic (exact) mass is 385 g/mol. The van der Waals surface area contributed by atoms with Crippen LogP contribution in [0.1, 0.15) is 34.1 Å². The summed E-state index contributed by atoms with van der Waals surface area (Å²) in [4.78, 5) is 13.7. The Balaban J connectivity index is 2.61. The van der Waals surface area contributed by atoms with Crippen molar-refractivity contribution >= 4 is 27.5 Å². The molecule has 8 heteroatoms. The molecule has 26 heavy (non-hydrogen) atoms. The zero-order valence-corrected chi connectivity index (χ0v) is 17.3. The van der Waals surface area contributed by atoms with Crippen LogP contribution >= 0.6 is 0 Å². The third-order valence-electron chi connectivity index (χ3n) is 3.62. The second kappa shape index (κ2) is 9.12. The Bertz CT molecular complexity index is 679. The molecule has 0 unspecified atom stereocenters. The van der Waals surface area contributed by atoms with E-state index in [1.807, 2.05) is 58.8 Å². The molecule has 0 radical (unpaired) electrons. The Morgan fingerprint density at radius 2 is 1.77 bits per heavy atom. The minimum atomic E-state index is -3.54. The fourth-order valence-electron chi connectivity index (χ4n) is 2.18. The van der Waals surface area contributed by atoms with Crippen LogP contribution in [0.25, 0.3) is 0 Å². The van der Waals surface area contributed by atoms with Crippen LogP contribution in [0.5, 0.6) is 0 Å². The number of anilines is 2. The van der Waals surface area contributed by atoms with Crippen molar-refractivity contribution < 1.29 is 17.9 Å². The first-order valence-corrected chi connectivity index (χ1v) is 10.3. The molecule has 1 amide bonds. The van der Waals surface area contributed by atoms with Crippen molar-refractivity contribution in [3.63, 3.8) is 0 Å². The maximum Gasteiger partial charge on any atom is 0.407 e. The van der Waals surface area contributed by atoms with Crippen molar-refractivity contribution in [2.24, 2.45) is 5.92 Å². The van der Waals surface area contributed by atoms with Gasteiger partial charge in [0.05, 0.1) is 12.4 Å². The molecule has 0 heterocycles. The predicted molar refractivity (Wildman–Crippen MR) is 106 cm³/mol. The molecule has 1 aromatic carbocycles. The molecule has 0 spiro atoms. The summed E-state index contributed by atoms with van der Waals surface area (Å²) in [6.07, 6.45) is 0.0455. The molecule has 0 saturated carbocycles. The molecular formula is C18H31N3O4S. The molecule has 148 valence electrons. The molecule has 0 aromatic heterocycles. The third kappa shape index (κ3) is 8.42. The minimum absolute atomic E-state index is 0.0545. The minimum Gasteiger partial charge on any atom is -0.449 e. The van der Waals surface area contributed by atoms with Gasteiger partial charge in [0.25, 0.3) is 0 Å². The average Bonchev–Trinajstić information content (AvgIpc) is 2.49. The topological polar surface area (TPSA) is 87.7 Å². The van der Waals surface area contributed by atoms with Gasteiger partial charge in [-0.2, -0.15) is 0 Å². The van der Waals surface area contributed by atoms with Crippen LogP contribution in [0.3, 0.4) is 0 Å². The molecule has 7 nitrogen and oxygen atoms in total. The summed E-state index contributed by atoms with van der Waals surface area (Å²) < 4.78 is 32.5. The highest BCUT2D eigenvalue weighted by atomic mass is 32.2. The first kappa shape index (κ1) is 22.1. The number of benzene rings is 1. The Morgan fingerprint density at radius 3 is 2.23 bits per heavy atom. The molecule has 2 N–H and O–H groups in total. The molecule has 1 atom stereocenters. The van der Waals surface area contributed by atoms with Crippen LogP contribution in [0.15, 0.2) is 24.3 Å². The maximum absolute atomic E-state index is 12.4. The maximum atomic E-state index is 12.4. The van der Waals surface area contributed by atoms with Crippen LogP contribution in [0, 0.1) is 5.92 Å². The van der Waals surface area contributed by atoms with Gasteiger partial charge in [0, 0.05) is 36.9 Å². The molecular weight excluding hydrogens is 354 g/mol. The highest BCUT2D eigenvalue weighted by Crippen LogP contribution is 2.18. The van der Waals surface area contributed by atoms with E-state index in [0.29, 0.717) is 12.1 Å². The molecule has 0 aliphatic rings. The van der Waals surface area contributed by atoms with Crippen LogP contribution in [-0.2, 0) is 14.8 Å². The second-order valence-corrected chi connectivity index (χ2v) is 9.34. The number of carbonyl (C=O) groups excluding carboxylic acids is 1. The third-order valence-corrected chi connectivity index (χ3v) is 5.07. The summed E-state index contributed by atoms with van der Waals surface area (Å²) in [7, 11) is 0.298. The average molecular weight is 386 g/mol. The standard InChI is InChI=1S/C18H31N3O4S/c1-7-14(12-25-17(22)19-18(2,3)4)13-26(23,24)20-15-8-10-16(11-9-15)21(5)6/h8-11,14,20H,7,12-13H2,1-6H3,(H,19,22)/t14-/m1/s1. The van der Waals surface area contributed by atoms with E-state index in [2.05, 4.69) is 10.0 Å². The quantitative estimate of drug-likeness (QED) is 0.718. The lowest BCUT2D eigenvalue weighted by Crippen LogP contribution is -2.41. The van der Waals surface area contributed by atoms with Crippen molar-refractivity contribution in [2.45, 2.75) is 39.7 Å². The van der Waals surface area contributed by atoms with Gasteiger partial charge in [-0.15, -0.1) is 0 Å². The van der Waals surface area contributed by atoms with E-state index in [-0.39, 0.29) is 18.3 Å². The zero-order chi connectivity index (χ0) is 20.0. The van der Waals surface area contributed by atoms with E-state index in [1.165, 1.54) is 0 Å². The number of nitrogens with zero attached hydrogens (tertiary/aromatic N) is 1. The predicted octanol–water partition coefficient (Wildman–Crippen LogP) is 3.05. The van der Waals surface area contributed by atoms with Crippen molar-refractivity contribution in [1.82, 2.24) is 5.32 Å². The van der Waals surface area contributed by atoms with Gasteiger partial charge in [-0.25, -0.2) is 13.2 Å². The molecule has 0 saturated heterocycles.